The van der Waals surface area contributed by atoms with Gasteiger partial charge < -0.3 is 19.7 Å². The minimum atomic E-state index is -4.27. The van der Waals surface area contributed by atoms with E-state index in [-0.39, 0.29) is 17.0 Å². The van der Waals surface area contributed by atoms with E-state index in [0.29, 0.717) is 12.7 Å². The molecule has 2 aromatic rings. The molecule has 2 heterocycles. The van der Waals surface area contributed by atoms with Crippen molar-refractivity contribution < 1.29 is 31.5 Å². The number of halogens is 2. The van der Waals surface area contributed by atoms with Gasteiger partial charge in [0.25, 0.3) is 11.8 Å². The molecule has 0 saturated carbocycles. The van der Waals surface area contributed by atoms with Crippen LogP contribution in [-0.4, -0.2) is 56.0 Å². The predicted octanol–water partition coefficient (Wildman–Crippen LogP) is 2.45. The minimum Gasteiger partial charge on any atom is -0.505 e. The summed E-state index contributed by atoms with van der Waals surface area (Å²) >= 11 is 0. The highest BCUT2D eigenvalue weighted by Gasteiger charge is 2.40. The number of phenols is 1. The second kappa shape index (κ2) is 8.22. The summed E-state index contributed by atoms with van der Waals surface area (Å²) in [5.41, 5.74) is -0.131. The Labute approximate surface area is 182 Å². The number of hydrogen-bond acceptors (Lipinski definition) is 7. The summed E-state index contributed by atoms with van der Waals surface area (Å²) < 4.78 is 63.3. The Bertz CT molecular complexity index is 1210. The smallest absolute Gasteiger partial charge is 0.345 e. The topological polar surface area (TPSA) is 137 Å². The summed E-state index contributed by atoms with van der Waals surface area (Å²) in [6, 6.07) is 5.12. The third kappa shape index (κ3) is 4.88. The lowest BCUT2D eigenvalue weighted by molar-refractivity contribution is -0.0117. The van der Waals surface area contributed by atoms with Crippen molar-refractivity contribution in [2.45, 2.75) is 25.8 Å². The van der Waals surface area contributed by atoms with Crippen molar-refractivity contribution >= 4 is 33.5 Å². The first-order valence-corrected chi connectivity index (χ1v) is 10.7. The van der Waals surface area contributed by atoms with E-state index < -0.39 is 45.5 Å². The SMILES string of the molecule is Cc1ccc([C@H](N=C2NS(=O)(=O)N=C2Nc2cccc(C(=O)N(C)C)c2O)C(C)(F)F)o1. The van der Waals surface area contributed by atoms with Crippen LogP contribution in [0, 0.1) is 6.92 Å². The molecule has 1 atom stereocenters. The fourth-order valence-corrected chi connectivity index (χ4v) is 3.68. The first kappa shape index (κ1) is 23.2. The van der Waals surface area contributed by atoms with Crippen LogP contribution < -0.4 is 10.0 Å². The molecule has 1 aromatic heterocycles. The Kier molecular flexibility index (Phi) is 5.96. The van der Waals surface area contributed by atoms with Crippen LogP contribution in [0.25, 0.3) is 0 Å². The fraction of sp³-hybridized carbons (Fsp3) is 0.316. The molecular formula is C19H21F2N5O5S. The van der Waals surface area contributed by atoms with Crippen molar-refractivity contribution in [3.8, 4) is 5.75 Å². The molecule has 1 aliphatic heterocycles. The number of carbonyl (C=O) groups excluding carboxylic acids is 1. The van der Waals surface area contributed by atoms with Gasteiger partial charge in [-0.15, -0.1) is 4.40 Å². The first-order chi connectivity index (χ1) is 14.8. The number of amides is 1. The van der Waals surface area contributed by atoms with Crippen molar-refractivity contribution in [2.75, 3.05) is 19.4 Å². The zero-order valence-electron chi connectivity index (χ0n) is 17.6. The molecule has 0 fully saturated rings. The molecule has 0 radical (unpaired) electrons. The number of amidine groups is 2. The van der Waals surface area contributed by atoms with Crippen LogP contribution in [-0.2, 0) is 10.2 Å². The third-order valence-corrected chi connectivity index (χ3v) is 5.23. The third-order valence-electron chi connectivity index (χ3n) is 4.36. The summed E-state index contributed by atoms with van der Waals surface area (Å²) in [5, 5.41) is 13.0. The van der Waals surface area contributed by atoms with E-state index in [0.717, 1.165) is 0 Å². The monoisotopic (exact) mass is 469 g/mol. The van der Waals surface area contributed by atoms with E-state index in [1.54, 1.807) is 6.92 Å². The van der Waals surface area contributed by atoms with Crippen LogP contribution >= 0.6 is 0 Å². The molecule has 10 nitrogen and oxygen atoms in total. The Morgan fingerprint density at radius 3 is 2.56 bits per heavy atom. The van der Waals surface area contributed by atoms with E-state index in [1.165, 1.54) is 49.3 Å². The van der Waals surface area contributed by atoms with E-state index >= 15 is 0 Å². The zero-order valence-corrected chi connectivity index (χ0v) is 18.4. The van der Waals surface area contributed by atoms with Crippen molar-refractivity contribution in [1.82, 2.24) is 9.62 Å². The fourth-order valence-electron chi connectivity index (χ4n) is 2.87. The number of aryl methyl sites for hydroxylation is 1. The molecule has 0 unspecified atom stereocenters. The molecule has 3 N–H and O–H groups in total. The molecule has 0 saturated heterocycles. The highest BCUT2D eigenvalue weighted by Crippen LogP contribution is 2.36. The lowest BCUT2D eigenvalue weighted by Gasteiger charge is -2.19. The van der Waals surface area contributed by atoms with Crippen LogP contribution in [0.15, 0.2) is 44.1 Å². The number of alkyl halides is 2. The number of carbonyl (C=O) groups is 1. The minimum absolute atomic E-state index is 0.0584. The Morgan fingerprint density at radius 1 is 1.31 bits per heavy atom. The standard InChI is InChI=1S/C19H21F2N5O5S/c1-10-8-9-13(31-10)15(19(2,20)21)23-17-16(24-32(29,30)25-17)22-12-7-5-6-11(14(12)27)18(28)26(3)4/h5-9,15,27H,1-4H3,(H,22,24)(H,23,25)/t15-/m0/s1. The summed E-state index contributed by atoms with van der Waals surface area (Å²) in [5.74, 6) is -5.12. The maximum atomic E-state index is 14.3. The maximum Gasteiger partial charge on any atom is 0.345 e. The molecule has 0 aliphatic carbocycles. The molecule has 0 bridgehead atoms. The highest BCUT2D eigenvalue weighted by atomic mass is 32.2. The average molecular weight is 469 g/mol. The van der Waals surface area contributed by atoms with E-state index in [1.807, 2.05) is 4.72 Å². The zero-order chi connectivity index (χ0) is 23.8. The van der Waals surface area contributed by atoms with Gasteiger partial charge in [-0.25, -0.2) is 18.5 Å². The number of aliphatic imine (C=N–C) groups is 1. The van der Waals surface area contributed by atoms with Gasteiger partial charge in [0, 0.05) is 21.0 Å². The number of anilines is 1. The van der Waals surface area contributed by atoms with E-state index in [4.69, 9.17) is 4.42 Å². The van der Waals surface area contributed by atoms with Gasteiger partial charge in [0.1, 0.15) is 11.5 Å². The van der Waals surface area contributed by atoms with E-state index in [9.17, 15) is 27.1 Å². The molecule has 1 amide bonds. The molecule has 13 heteroatoms. The Hall–Kier alpha value is -3.48. The van der Waals surface area contributed by atoms with Gasteiger partial charge in [0.15, 0.2) is 23.5 Å². The summed E-state index contributed by atoms with van der Waals surface area (Å²) in [6.45, 7) is 2.19. The largest absolute Gasteiger partial charge is 0.505 e. The lowest BCUT2D eigenvalue weighted by atomic mass is 10.1. The van der Waals surface area contributed by atoms with Gasteiger partial charge in [-0.2, -0.15) is 8.42 Å². The van der Waals surface area contributed by atoms with Crippen molar-refractivity contribution in [2.24, 2.45) is 9.39 Å². The summed E-state index contributed by atoms with van der Waals surface area (Å²) in [7, 11) is -1.29. The first-order valence-electron chi connectivity index (χ1n) is 9.24. The molecule has 0 spiro atoms. The van der Waals surface area contributed by atoms with Crippen LogP contribution in [0.5, 0.6) is 5.75 Å². The van der Waals surface area contributed by atoms with Crippen LogP contribution in [0.4, 0.5) is 14.5 Å². The number of rotatable bonds is 5. The van der Waals surface area contributed by atoms with Crippen LogP contribution in [0.3, 0.4) is 0 Å². The number of nitrogens with one attached hydrogen (secondary N) is 2. The number of nitrogens with zero attached hydrogens (tertiary/aromatic N) is 3. The van der Waals surface area contributed by atoms with Gasteiger partial charge in [0.05, 0.1) is 11.3 Å². The van der Waals surface area contributed by atoms with Gasteiger partial charge in [-0.05, 0) is 31.2 Å². The maximum absolute atomic E-state index is 14.3. The number of benzene rings is 1. The number of furan rings is 1. The molecular weight excluding hydrogens is 448 g/mol. The number of aromatic hydroxyl groups is 1. The Balaban J connectivity index is 2.02. The normalized spacial score (nSPS) is 17.6. The Morgan fingerprint density at radius 2 is 2.00 bits per heavy atom. The van der Waals surface area contributed by atoms with Crippen LogP contribution in [0.1, 0.15) is 34.8 Å². The van der Waals surface area contributed by atoms with Gasteiger partial charge in [0.2, 0.25) is 0 Å². The van der Waals surface area contributed by atoms with Gasteiger partial charge in [-0.1, -0.05) is 6.07 Å². The second-order valence-corrected chi connectivity index (χ2v) is 8.67. The van der Waals surface area contributed by atoms with Gasteiger partial charge in [-0.3, -0.25) is 4.79 Å². The van der Waals surface area contributed by atoms with Crippen molar-refractivity contribution in [1.29, 1.82) is 0 Å². The second-order valence-electron chi connectivity index (χ2n) is 7.33. The molecule has 3 rings (SSSR count). The van der Waals surface area contributed by atoms with Gasteiger partial charge >= 0.3 is 10.2 Å². The molecule has 1 aromatic carbocycles. The number of phenolic OH excluding ortho intramolecular Hbond substituents is 1. The molecule has 32 heavy (non-hydrogen) atoms. The van der Waals surface area contributed by atoms with Crippen molar-refractivity contribution in [3.05, 3.63) is 47.4 Å². The lowest BCUT2D eigenvalue weighted by Crippen LogP contribution is -2.33. The summed E-state index contributed by atoms with van der Waals surface area (Å²) in [6.07, 6.45) is 0. The quantitative estimate of drug-likeness (QED) is 0.576. The number of hydrogen-bond donors (Lipinski definition) is 3. The predicted molar refractivity (Wildman–Crippen MR) is 113 cm³/mol. The highest BCUT2D eigenvalue weighted by molar-refractivity contribution is 7.89. The molecule has 1 aliphatic rings. The van der Waals surface area contributed by atoms with E-state index in [2.05, 4.69) is 14.7 Å². The number of para-hydroxylation sites is 1. The summed E-state index contributed by atoms with van der Waals surface area (Å²) in [4.78, 5) is 17.3. The average Bonchev–Trinajstić information content (AvgIpc) is 3.21. The van der Waals surface area contributed by atoms with Crippen molar-refractivity contribution in [3.63, 3.8) is 0 Å². The molecule has 172 valence electrons. The van der Waals surface area contributed by atoms with Crippen LogP contribution in [0.2, 0.25) is 0 Å².